The van der Waals surface area contributed by atoms with Gasteiger partial charge in [-0.1, -0.05) is 121 Å². The molecule has 0 spiro atoms. The lowest BCUT2D eigenvalue weighted by Crippen LogP contribution is -1.95. The van der Waals surface area contributed by atoms with Crippen molar-refractivity contribution in [1.29, 1.82) is 0 Å². The van der Waals surface area contributed by atoms with Crippen LogP contribution in [0.15, 0.2) is 182 Å². The molecule has 12 rings (SSSR count). The van der Waals surface area contributed by atoms with E-state index in [4.69, 9.17) is 0 Å². The predicted octanol–water partition coefficient (Wildman–Crippen LogP) is 13.5. The maximum absolute atomic E-state index is 2.46. The summed E-state index contributed by atoms with van der Waals surface area (Å²) in [6, 6.07) is 67.3. The number of hydrogen-bond donors (Lipinski definition) is 0. The molecule has 2 nitrogen and oxygen atoms in total. The average molecular weight is 659 g/mol. The smallest absolute Gasteiger partial charge is 0.0541 e. The topological polar surface area (TPSA) is 9.86 Å². The van der Waals surface area contributed by atoms with Crippen molar-refractivity contribution >= 4 is 65.2 Å². The van der Waals surface area contributed by atoms with Gasteiger partial charge in [0, 0.05) is 32.9 Å². The number of benzene rings is 9. The van der Waals surface area contributed by atoms with E-state index in [0.717, 1.165) is 0 Å². The van der Waals surface area contributed by atoms with E-state index in [9.17, 15) is 0 Å². The molecular weight excluding hydrogens is 629 g/mol. The molecule has 0 saturated heterocycles. The van der Waals surface area contributed by atoms with Gasteiger partial charge in [0.1, 0.15) is 0 Å². The molecule has 11 aromatic rings. The molecule has 240 valence electrons. The quantitative estimate of drug-likeness (QED) is 0.179. The first-order valence-electron chi connectivity index (χ1n) is 18.0. The molecule has 2 heteroatoms. The zero-order chi connectivity index (χ0) is 33.9. The molecular formula is C50H30N2. The van der Waals surface area contributed by atoms with Crippen molar-refractivity contribution in [1.82, 2.24) is 9.13 Å². The predicted molar refractivity (Wildman–Crippen MR) is 220 cm³/mol. The highest BCUT2D eigenvalue weighted by molar-refractivity contribution is 6.17. The number of aromatic nitrogens is 2. The molecule has 0 saturated carbocycles. The summed E-state index contributed by atoms with van der Waals surface area (Å²) in [7, 11) is 0. The highest BCUT2D eigenvalue weighted by Crippen LogP contribution is 2.48. The van der Waals surface area contributed by atoms with Gasteiger partial charge in [0.25, 0.3) is 0 Å². The van der Waals surface area contributed by atoms with Crippen LogP contribution >= 0.6 is 0 Å². The summed E-state index contributed by atoms with van der Waals surface area (Å²) >= 11 is 0. The minimum atomic E-state index is 1.18. The van der Waals surface area contributed by atoms with Crippen LogP contribution in [0.2, 0.25) is 0 Å². The van der Waals surface area contributed by atoms with Crippen LogP contribution in [-0.2, 0) is 0 Å². The Morgan fingerprint density at radius 1 is 0.269 bits per heavy atom. The van der Waals surface area contributed by atoms with Gasteiger partial charge in [-0.15, -0.1) is 0 Å². The Morgan fingerprint density at radius 2 is 0.788 bits per heavy atom. The molecule has 52 heavy (non-hydrogen) atoms. The molecule has 2 heterocycles. The fraction of sp³-hybridized carbons (Fsp3) is 0. The Balaban J connectivity index is 1.05. The summed E-state index contributed by atoms with van der Waals surface area (Å²) in [5.41, 5.74) is 15.0. The van der Waals surface area contributed by atoms with Crippen LogP contribution in [0.25, 0.3) is 110 Å². The van der Waals surface area contributed by atoms with Crippen molar-refractivity contribution in [2.24, 2.45) is 0 Å². The lowest BCUT2D eigenvalue weighted by atomic mass is 10.0. The summed E-state index contributed by atoms with van der Waals surface area (Å²) < 4.78 is 4.87. The first kappa shape index (κ1) is 27.9. The van der Waals surface area contributed by atoms with Gasteiger partial charge >= 0.3 is 0 Å². The monoisotopic (exact) mass is 658 g/mol. The zero-order valence-corrected chi connectivity index (χ0v) is 28.2. The lowest BCUT2D eigenvalue weighted by molar-refractivity contribution is 1.19. The van der Waals surface area contributed by atoms with Gasteiger partial charge in [-0.05, 0) is 116 Å². The summed E-state index contributed by atoms with van der Waals surface area (Å²) in [5.74, 6) is 0. The van der Waals surface area contributed by atoms with E-state index in [2.05, 4.69) is 191 Å². The van der Waals surface area contributed by atoms with Crippen molar-refractivity contribution in [3.8, 4) is 44.8 Å². The van der Waals surface area contributed by atoms with E-state index < -0.39 is 0 Å². The summed E-state index contributed by atoms with van der Waals surface area (Å²) in [5, 5.41) is 10.2. The second kappa shape index (κ2) is 10.3. The molecule has 0 N–H and O–H groups in total. The summed E-state index contributed by atoms with van der Waals surface area (Å²) in [4.78, 5) is 0. The van der Waals surface area contributed by atoms with Gasteiger partial charge in [-0.25, -0.2) is 0 Å². The van der Waals surface area contributed by atoms with Crippen molar-refractivity contribution in [2.75, 3.05) is 0 Å². The van der Waals surface area contributed by atoms with E-state index in [0.29, 0.717) is 0 Å². The van der Waals surface area contributed by atoms with Gasteiger partial charge in [-0.2, -0.15) is 0 Å². The van der Waals surface area contributed by atoms with Gasteiger partial charge < -0.3 is 9.13 Å². The highest BCUT2D eigenvalue weighted by atomic mass is 15.0. The Labute approximate surface area is 300 Å². The summed E-state index contributed by atoms with van der Waals surface area (Å²) in [6.07, 6.45) is 0. The normalized spacial score (nSPS) is 12.2. The van der Waals surface area contributed by atoms with Crippen LogP contribution in [0.3, 0.4) is 0 Å². The second-order valence-electron chi connectivity index (χ2n) is 14.1. The van der Waals surface area contributed by atoms with Crippen LogP contribution in [-0.4, -0.2) is 9.13 Å². The molecule has 9 aromatic carbocycles. The molecule has 1 aliphatic rings. The minimum absolute atomic E-state index is 1.18. The highest BCUT2D eigenvalue weighted by Gasteiger charge is 2.23. The Morgan fingerprint density at radius 3 is 1.50 bits per heavy atom. The molecule has 0 bridgehead atoms. The van der Waals surface area contributed by atoms with Crippen LogP contribution in [0, 0.1) is 0 Å². The van der Waals surface area contributed by atoms with Gasteiger partial charge in [-0.3, -0.25) is 0 Å². The first-order valence-corrected chi connectivity index (χ1v) is 18.0. The standard InChI is InChI=1S/C50H30N2/c1-2-11-32-26-36(23-20-31(32)10-1)51-46-18-7-5-15-40(46)43-28-33(21-24-48(43)51)34-22-25-49-44(29-34)41-16-6-8-19-47(41)52(49)37-27-35-12-9-17-42-38-13-3-4-14-39(38)45(30-37)50(35)42/h1-30H. The van der Waals surface area contributed by atoms with Crippen LogP contribution in [0.4, 0.5) is 0 Å². The number of rotatable bonds is 3. The van der Waals surface area contributed by atoms with Gasteiger partial charge in [0.15, 0.2) is 0 Å². The molecule has 0 fully saturated rings. The van der Waals surface area contributed by atoms with Crippen molar-refractivity contribution in [3.63, 3.8) is 0 Å². The number of fused-ring (bicyclic) bond motifs is 10. The minimum Gasteiger partial charge on any atom is -0.309 e. The van der Waals surface area contributed by atoms with Gasteiger partial charge in [0.2, 0.25) is 0 Å². The molecule has 0 unspecified atom stereocenters. The van der Waals surface area contributed by atoms with E-state index in [1.807, 2.05) is 0 Å². The summed E-state index contributed by atoms with van der Waals surface area (Å²) in [6.45, 7) is 0. The maximum Gasteiger partial charge on any atom is 0.0541 e. The van der Waals surface area contributed by atoms with Crippen LogP contribution in [0.1, 0.15) is 0 Å². The fourth-order valence-corrected chi connectivity index (χ4v) is 9.11. The Hall–Kier alpha value is -6.90. The molecule has 2 aromatic heterocycles. The largest absolute Gasteiger partial charge is 0.309 e. The SMILES string of the molecule is c1ccc2c(c1)-c1cccc3cc(-n4c5ccccc5c5cc(-c6ccc7c(c6)c6ccccc6n7-c6ccc7ccccc7c6)ccc54)cc-2c13. The molecule has 0 amide bonds. The molecule has 0 atom stereocenters. The Kier molecular flexibility index (Phi) is 5.53. The van der Waals surface area contributed by atoms with Crippen LogP contribution < -0.4 is 0 Å². The molecule has 0 aliphatic heterocycles. The third kappa shape index (κ3) is 3.78. The lowest BCUT2D eigenvalue weighted by Gasteiger charge is -2.12. The zero-order valence-electron chi connectivity index (χ0n) is 28.2. The third-order valence-corrected chi connectivity index (χ3v) is 11.4. The average Bonchev–Trinajstić information content (AvgIpc) is 3.84. The van der Waals surface area contributed by atoms with Crippen molar-refractivity contribution < 1.29 is 0 Å². The van der Waals surface area contributed by atoms with Crippen molar-refractivity contribution in [2.45, 2.75) is 0 Å². The van der Waals surface area contributed by atoms with E-state index in [1.54, 1.807) is 0 Å². The number of hydrogen-bond acceptors (Lipinski definition) is 0. The van der Waals surface area contributed by atoms with Crippen molar-refractivity contribution in [3.05, 3.63) is 182 Å². The van der Waals surface area contributed by atoms with E-state index in [1.165, 1.54) is 110 Å². The van der Waals surface area contributed by atoms with Gasteiger partial charge in [0.05, 0.1) is 22.1 Å². The molecule has 1 aliphatic carbocycles. The van der Waals surface area contributed by atoms with Crippen LogP contribution in [0.5, 0.6) is 0 Å². The van der Waals surface area contributed by atoms with E-state index >= 15 is 0 Å². The second-order valence-corrected chi connectivity index (χ2v) is 14.1. The first-order chi connectivity index (χ1) is 25.8. The third-order valence-electron chi connectivity index (χ3n) is 11.4. The number of nitrogens with zero attached hydrogens (tertiary/aromatic N) is 2. The molecule has 0 radical (unpaired) electrons. The Bertz CT molecular complexity index is 3300. The van der Waals surface area contributed by atoms with E-state index in [-0.39, 0.29) is 0 Å². The fourth-order valence-electron chi connectivity index (χ4n) is 9.11. The maximum atomic E-state index is 2.46. The number of para-hydroxylation sites is 2.